The lowest BCUT2D eigenvalue weighted by molar-refractivity contribution is 0.0930. The second-order valence-electron chi connectivity index (χ2n) is 3.84. The molecule has 0 saturated carbocycles. The number of amides is 1. The fourth-order valence-electron chi connectivity index (χ4n) is 1.77. The lowest BCUT2D eigenvalue weighted by atomic mass is 10.1. The maximum absolute atomic E-state index is 13.4. The molecular formula is C11H14FN3O2. The molecule has 1 aliphatic rings. The van der Waals surface area contributed by atoms with Crippen LogP contribution in [-0.4, -0.2) is 25.2 Å². The van der Waals surface area contributed by atoms with Crippen molar-refractivity contribution in [2.75, 3.05) is 18.6 Å². The first kappa shape index (κ1) is 11.8. The number of para-hydroxylation sites is 1. The number of nitrogens with two attached hydrogens (primary N) is 1. The van der Waals surface area contributed by atoms with Gasteiger partial charge in [-0.3, -0.25) is 10.6 Å². The molecule has 1 atom stereocenters. The Kier molecular flexibility index (Phi) is 3.55. The molecule has 1 aromatic rings. The van der Waals surface area contributed by atoms with E-state index in [-0.39, 0.29) is 23.2 Å². The third-order valence-electron chi connectivity index (χ3n) is 2.67. The summed E-state index contributed by atoms with van der Waals surface area (Å²) in [6.07, 6.45) is 0.770. The highest BCUT2D eigenvalue weighted by Gasteiger charge is 2.21. The van der Waals surface area contributed by atoms with Crippen molar-refractivity contribution < 1.29 is 13.9 Å². The number of anilines is 1. The third-order valence-corrected chi connectivity index (χ3v) is 2.67. The van der Waals surface area contributed by atoms with Gasteiger partial charge in [0.25, 0.3) is 5.91 Å². The number of rotatable bonds is 3. The van der Waals surface area contributed by atoms with Gasteiger partial charge in [0.05, 0.1) is 23.9 Å². The van der Waals surface area contributed by atoms with Crippen LogP contribution in [0.1, 0.15) is 16.8 Å². The van der Waals surface area contributed by atoms with Crippen molar-refractivity contribution in [2.24, 2.45) is 5.84 Å². The second-order valence-corrected chi connectivity index (χ2v) is 3.84. The Labute approximate surface area is 98.1 Å². The highest BCUT2D eigenvalue weighted by atomic mass is 19.1. The van der Waals surface area contributed by atoms with E-state index in [0.29, 0.717) is 13.2 Å². The summed E-state index contributed by atoms with van der Waals surface area (Å²) in [5.41, 5.74) is 2.40. The fraction of sp³-hybridized carbons (Fsp3) is 0.364. The van der Waals surface area contributed by atoms with E-state index < -0.39 is 5.82 Å². The Morgan fingerprint density at radius 1 is 1.53 bits per heavy atom. The van der Waals surface area contributed by atoms with E-state index in [4.69, 9.17) is 10.6 Å². The number of hydrazine groups is 1. The number of nitrogens with one attached hydrogen (secondary N) is 2. The van der Waals surface area contributed by atoms with E-state index in [1.54, 1.807) is 0 Å². The maximum Gasteiger partial charge on any atom is 0.253 e. The van der Waals surface area contributed by atoms with Gasteiger partial charge in [0, 0.05) is 6.61 Å². The molecule has 0 bridgehead atoms. The second kappa shape index (κ2) is 5.11. The van der Waals surface area contributed by atoms with Crippen LogP contribution >= 0.6 is 0 Å². The number of carbonyl (C=O) groups excluding carboxylic acids is 1. The number of ether oxygens (including phenoxy) is 1. The van der Waals surface area contributed by atoms with Crippen LogP contribution in [0, 0.1) is 5.82 Å². The molecule has 6 heteroatoms. The minimum Gasteiger partial charge on any atom is -0.379 e. The molecule has 1 amide bonds. The van der Waals surface area contributed by atoms with Crippen molar-refractivity contribution in [3.63, 3.8) is 0 Å². The van der Waals surface area contributed by atoms with Gasteiger partial charge in [-0.25, -0.2) is 4.39 Å². The number of hydrogen-bond donors (Lipinski definition) is 3. The van der Waals surface area contributed by atoms with E-state index in [1.165, 1.54) is 18.2 Å². The lowest BCUT2D eigenvalue weighted by Crippen LogP contribution is -2.35. The van der Waals surface area contributed by atoms with Crippen LogP contribution in [0.2, 0.25) is 0 Å². The van der Waals surface area contributed by atoms with E-state index in [1.807, 2.05) is 0 Å². The molecule has 0 radical (unpaired) electrons. The fourth-order valence-corrected chi connectivity index (χ4v) is 1.77. The SMILES string of the molecule is NNc1c(F)cccc1C(=O)NC1CCOC1. The average Bonchev–Trinajstić information content (AvgIpc) is 2.81. The molecule has 1 aliphatic heterocycles. The largest absolute Gasteiger partial charge is 0.379 e. The van der Waals surface area contributed by atoms with Crippen LogP contribution in [-0.2, 0) is 4.74 Å². The zero-order chi connectivity index (χ0) is 12.3. The van der Waals surface area contributed by atoms with Crippen molar-refractivity contribution >= 4 is 11.6 Å². The van der Waals surface area contributed by atoms with E-state index in [9.17, 15) is 9.18 Å². The molecule has 1 aromatic carbocycles. The summed E-state index contributed by atoms with van der Waals surface area (Å²) in [5.74, 6) is 4.30. The monoisotopic (exact) mass is 239 g/mol. The molecule has 0 aliphatic carbocycles. The smallest absolute Gasteiger partial charge is 0.253 e. The molecular weight excluding hydrogens is 225 g/mol. The van der Waals surface area contributed by atoms with Crippen LogP contribution in [0.5, 0.6) is 0 Å². The minimum atomic E-state index is -0.553. The molecule has 17 heavy (non-hydrogen) atoms. The quantitative estimate of drug-likeness (QED) is 0.534. The number of hydrogen-bond acceptors (Lipinski definition) is 4. The van der Waals surface area contributed by atoms with E-state index >= 15 is 0 Å². The first-order chi connectivity index (χ1) is 8.22. The Hall–Kier alpha value is -1.66. The zero-order valence-corrected chi connectivity index (χ0v) is 9.20. The van der Waals surface area contributed by atoms with Crippen molar-refractivity contribution in [3.05, 3.63) is 29.6 Å². The van der Waals surface area contributed by atoms with Gasteiger partial charge < -0.3 is 15.5 Å². The third kappa shape index (κ3) is 2.54. The Morgan fingerprint density at radius 3 is 3.00 bits per heavy atom. The Balaban J connectivity index is 2.15. The van der Waals surface area contributed by atoms with Gasteiger partial charge in [0.2, 0.25) is 0 Å². The van der Waals surface area contributed by atoms with Crippen LogP contribution in [0.4, 0.5) is 10.1 Å². The summed E-state index contributed by atoms with van der Waals surface area (Å²) in [7, 11) is 0. The van der Waals surface area contributed by atoms with Gasteiger partial charge in [0.15, 0.2) is 0 Å². The summed E-state index contributed by atoms with van der Waals surface area (Å²) in [4.78, 5) is 11.9. The Morgan fingerprint density at radius 2 is 2.35 bits per heavy atom. The van der Waals surface area contributed by atoms with E-state index in [2.05, 4.69) is 10.7 Å². The Bertz CT molecular complexity index is 419. The summed E-state index contributed by atoms with van der Waals surface area (Å²) >= 11 is 0. The first-order valence-corrected chi connectivity index (χ1v) is 5.36. The van der Waals surface area contributed by atoms with Gasteiger partial charge in [-0.1, -0.05) is 6.07 Å². The molecule has 5 nitrogen and oxygen atoms in total. The average molecular weight is 239 g/mol. The predicted molar refractivity (Wildman–Crippen MR) is 60.9 cm³/mol. The zero-order valence-electron chi connectivity index (χ0n) is 9.20. The lowest BCUT2D eigenvalue weighted by Gasteiger charge is -2.13. The summed E-state index contributed by atoms with van der Waals surface area (Å²) in [5, 5.41) is 2.77. The molecule has 2 rings (SSSR count). The molecule has 0 aromatic heterocycles. The van der Waals surface area contributed by atoms with Crippen LogP contribution in [0.15, 0.2) is 18.2 Å². The summed E-state index contributed by atoms with van der Waals surface area (Å²) in [6, 6.07) is 4.21. The standard InChI is InChI=1S/C11H14FN3O2/c12-9-3-1-2-8(10(9)15-13)11(16)14-7-4-5-17-6-7/h1-3,7,15H,4-6,13H2,(H,14,16). The minimum absolute atomic E-state index is 0.00363. The van der Waals surface area contributed by atoms with Crippen molar-refractivity contribution in [3.8, 4) is 0 Å². The number of nitrogen functional groups attached to an aromatic ring is 1. The number of benzene rings is 1. The van der Waals surface area contributed by atoms with E-state index in [0.717, 1.165) is 6.42 Å². The predicted octanol–water partition coefficient (Wildman–Crippen LogP) is 0.630. The summed E-state index contributed by atoms with van der Waals surface area (Å²) in [6.45, 7) is 1.13. The van der Waals surface area contributed by atoms with Gasteiger partial charge in [0.1, 0.15) is 5.82 Å². The highest BCUT2D eigenvalue weighted by molar-refractivity contribution is 5.99. The van der Waals surface area contributed by atoms with Crippen LogP contribution in [0.25, 0.3) is 0 Å². The summed E-state index contributed by atoms with van der Waals surface area (Å²) < 4.78 is 18.5. The van der Waals surface area contributed by atoms with Gasteiger partial charge in [-0.05, 0) is 18.6 Å². The van der Waals surface area contributed by atoms with Crippen LogP contribution < -0.4 is 16.6 Å². The van der Waals surface area contributed by atoms with Gasteiger partial charge in [-0.2, -0.15) is 0 Å². The molecule has 1 unspecified atom stereocenters. The molecule has 92 valence electrons. The van der Waals surface area contributed by atoms with Crippen LogP contribution in [0.3, 0.4) is 0 Å². The van der Waals surface area contributed by atoms with Crippen molar-refractivity contribution in [2.45, 2.75) is 12.5 Å². The molecule has 0 spiro atoms. The molecule has 4 N–H and O–H groups in total. The normalized spacial score (nSPS) is 19.1. The topological polar surface area (TPSA) is 76.4 Å². The van der Waals surface area contributed by atoms with Gasteiger partial charge in [-0.15, -0.1) is 0 Å². The molecule has 1 fully saturated rings. The number of carbonyl (C=O) groups is 1. The molecule has 1 saturated heterocycles. The van der Waals surface area contributed by atoms with Gasteiger partial charge >= 0.3 is 0 Å². The van der Waals surface area contributed by atoms with Crippen molar-refractivity contribution in [1.82, 2.24) is 5.32 Å². The first-order valence-electron chi connectivity index (χ1n) is 5.36. The molecule has 1 heterocycles. The highest BCUT2D eigenvalue weighted by Crippen LogP contribution is 2.19. The number of halogens is 1. The maximum atomic E-state index is 13.4. The van der Waals surface area contributed by atoms with Crippen molar-refractivity contribution in [1.29, 1.82) is 0 Å².